The van der Waals surface area contributed by atoms with Crippen molar-refractivity contribution in [2.45, 2.75) is 13.0 Å². The highest BCUT2D eigenvalue weighted by Crippen LogP contribution is 2.30. The molecule has 0 unspecified atom stereocenters. The van der Waals surface area contributed by atoms with Gasteiger partial charge in [0.25, 0.3) is 0 Å². The van der Waals surface area contributed by atoms with Gasteiger partial charge < -0.3 is 5.32 Å². The molecule has 0 saturated heterocycles. The number of fused-ring (bicyclic) bond motifs is 1. The van der Waals surface area contributed by atoms with Crippen LogP contribution in [0.1, 0.15) is 16.8 Å². The minimum absolute atomic E-state index is 0.504. The maximum atomic E-state index is 9.16. The molecule has 2 heterocycles. The summed E-state index contributed by atoms with van der Waals surface area (Å²) < 4.78 is 1.70. The van der Waals surface area contributed by atoms with E-state index >= 15 is 0 Å². The van der Waals surface area contributed by atoms with Gasteiger partial charge in [-0.15, -0.1) is 0 Å². The topological polar surface area (TPSA) is 53.6 Å². The van der Waals surface area contributed by atoms with Crippen LogP contribution in [0.4, 0.5) is 0 Å². The average molecular weight is 238 g/mol. The predicted octanol–water partition coefficient (Wildman–Crippen LogP) is 1.60. The van der Waals surface area contributed by atoms with E-state index in [0.29, 0.717) is 5.69 Å². The van der Waals surface area contributed by atoms with E-state index in [1.165, 1.54) is 11.1 Å². The second kappa shape index (κ2) is 4.28. The third kappa shape index (κ3) is 1.69. The Morgan fingerprint density at radius 3 is 3.11 bits per heavy atom. The van der Waals surface area contributed by atoms with Crippen LogP contribution in [0.5, 0.6) is 0 Å². The Morgan fingerprint density at radius 2 is 2.28 bits per heavy atom. The van der Waals surface area contributed by atoms with Crippen LogP contribution in [0.25, 0.3) is 11.1 Å². The molecule has 0 bridgehead atoms. The molecule has 4 heteroatoms. The van der Waals surface area contributed by atoms with Gasteiger partial charge in [0.2, 0.25) is 0 Å². The Hall–Kier alpha value is -2.12. The molecule has 1 aromatic carbocycles. The van der Waals surface area contributed by atoms with E-state index in [1.54, 1.807) is 4.68 Å². The fourth-order valence-electron chi connectivity index (χ4n) is 2.55. The SMILES string of the molecule is Cn1cc(-c2cccc3c2CCNC3)c(C#N)n1. The molecule has 1 aliphatic rings. The number of benzene rings is 1. The molecule has 3 rings (SSSR count). The van der Waals surface area contributed by atoms with Gasteiger partial charge in [0, 0.05) is 25.4 Å². The van der Waals surface area contributed by atoms with Gasteiger partial charge in [0.15, 0.2) is 5.69 Å². The van der Waals surface area contributed by atoms with Crippen molar-refractivity contribution in [2.75, 3.05) is 6.54 Å². The van der Waals surface area contributed by atoms with Crippen molar-refractivity contribution in [3.63, 3.8) is 0 Å². The first-order valence-corrected chi connectivity index (χ1v) is 6.05. The van der Waals surface area contributed by atoms with Crippen LogP contribution in [0.2, 0.25) is 0 Å². The van der Waals surface area contributed by atoms with Crippen LogP contribution < -0.4 is 5.32 Å². The molecule has 4 nitrogen and oxygen atoms in total. The normalized spacial score (nSPS) is 14.0. The Morgan fingerprint density at radius 1 is 1.39 bits per heavy atom. The van der Waals surface area contributed by atoms with Gasteiger partial charge in [-0.2, -0.15) is 10.4 Å². The van der Waals surface area contributed by atoms with Crippen LogP contribution in [0, 0.1) is 11.3 Å². The van der Waals surface area contributed by atoms with Gasteiger partial charge in [-0.25, -0.2) is 0 Å². The lowest BCUT2D eigenvalue weighted by Crippen LogP contribution is -2.24. The summed E-state index contributed by atoms with van der Waals surface area (Å²) in [6, 6.07) is 8.46. The fourth-order valence-corrected chi connectivity index (χ4v) is 2.55. The molecular weight excluding hydrogens is 224 g/mol. The van der Waals surface area contributed by atoms with Crippen molar-refractivity contribution < 1.29 is 0 Å². The maximum Gasteiger partial charge on any atom is 0.170 e. The molecule has 0 amide bonds. The highest BCUT2D eigenvalue weighted by Gasteiger charge is 2.17. The lowest BCUT2D eigenvalue weighted by Gasteiger charge is -2.19. The number of aromatic nitrogens is 2. The summed E-state index contributed by atoms with van der Waals surface area (Å²) >= 11 is 0. The number of nitriles is 1. The summed E-state index contributed by atoms with van der Waals surface area (Å²) in [4.78, 5) is 0. The third-order valence-electron chi connectivity index (χ3n) is 3.37. The molecule has 0 spiro atoms. The van der Waals surface area contributed by atoms with E-state index in [0.717, 1.165) is 30.6 Å². The molecule has 90 valence electrons. The minimum Gasteiger partial charge on any atom is -0.312 e. The molecule has 1 aromatic heterocycles. The van der Waals surface area contributed by atoms with Gasteiger partial charge in [-0.1, -0.05) is 18.2 Å². The first kappa shape index (κ1) is 11.0. The van der Waals surface area contributed by atoms with E-state index in [9.17, 15) is 0 Å². The Kier molecular flexibility index (Phi) is 2.62. The van der Waals surface area contributed by atoms with E-state index in [-0.39, 0.29) is 0 Å². The zero-order chi connectivity index (χ0) is 12.5. The molecule has 0 atom stereocenters. The molecule has 0 radical (unpaired) electrons. The number of nitrogens with zero attached hydrogens (tertiary/aromatic N) is 3. The summed E-state index contributed by atoms with van der Waals surface area (Å²) in [6.07, 6.45) is 2.93. The highest BCUT2D eigenvalue weighted by molar-refractivity contribution is 5.72. The fraction of sp³-hybridized carbons (Fsp3) is 0.286. The Balaban J connectivity index is 2.20. The zero-order valence-electron chi connectivity index (χ0n) is 10.3. The molecule has 18 heavy (non-hydrogen) atoms. The Bertz CT molecular complexity index is 634. The molecule has 0 aliphatic carbocycles. The van der Waals surface area contributed by atoms with Crippen LogP contribution in [-0.4, -0.2) is 16.3 Å². The standard InChI is InChI=1S/C14H14N4/c1-18-9-13(14(7-15)17-18)12-4-2-3-10-8-16-6-5-11(10)12/h2-4,9,16H,5-6,8H2,1H3. The van der Waals surface area contributed by atoms with E-state index in [4.69, 9.17) is 5.26 Å². The highest BCUT2D eigenvalue weighted by atomic mass is 15.2. The average Bonchev–Trinajstić information content (AvgIpc) is 2.79. The molecule has 1 N–H and O–H groups in total. The van der Waals surface area contributed by atoms with Gasteiger partial charge in [-0.3, -0.25) is 4.68 Å². The summed E-state index contributed by atoms with van der Waals surface area (Å²) in [5, 5.41) is 16.7. The maximum absolute atomic E-state index is 9.16. The summed E-state index contributed by atoms with van der Waals surface area (Å²) in [5.41, 5.74) is 5.27. The van der Waals surface area contributed by atoms with Crippen molar-refractivity contribution >= 4 is 0 Å². The number of nitrogens with one attached hydrogen (secondary N) is 1. The number of aryl methyl sites for hydroxylation is 1. The number of hydrogen-bond acceptors (Lipinski definition) is 3. The predicted molar refractivity (Wildman–Crippen MR) is 68.8 cm³/mol. The second-order valence-electron chi connectivity index (χ2n) is 4.55. The second-order valence-corrected chi connectivity index (χ2v) is 4.55. The van der Waals surface area contributed by atoms with Gasteiger partial charge >= 0.3 is 0 Å². The number of hydrogen-bond donors (Lipinski definition) is 1. The lowest BCUT2D eigenvalue weighted by molar-refractivity contribution is 0.645. The van der Waals surface area contributed by atoms with Crippen LogP contribution in [-0.2, 0) is 20.0 Å². The van der Waals surface area contributed by atoms with Crippen LogP contribution >= 0.6 is 0 Å². The molecular formula is C14H14N4. The smallest absolute Gasteiger partial charge is 0.170 e. The van der Waals surface area contributed by atoms with Crippen molar-refractivity contribution in [2.24, 2.45) is 7.05 Å². The van der Waals surface area contributed by atoms with E-state index < -0.39 is 0 Å². The largest absolute Gasteiger partial charge is 0.312 e. The molecule has 2 aromatic rings. The van der Waals surface area contributed by atoms with Gasteiger partial charge in [-0.05, 0) is 29.7 Å². The molecule has 0 saturated carbocycles. The first-order chi connectivity index (χ1) is 8.79. The lowest BCUT2D eigenvalue weighted by atomic mass is 9.92. The quantitative estimate of drug-likeness (QED) is 0.821. The summed E-state index contributed by atoms with van der Waals surface area (Å²) in [7, 11) is 1.85. The number of rotatable bonds is 1. The summed E-state index contributed by atoms with van der Waals surface area (Å²) in [5.74, 6) is 0. The molecule has 0 fully saturated rings. The van der Waals surface area contributed by atoms with Crippen molar-refractivity contribution in [1.82, 2.24) is 15.1 Å². The van der Waals surface area contributed by atoms with Gasteiger partial charge in [0.1, 0.15) is 6.07 Å². The van der Waals surface area contributed by atoms with Gasteiger partial charge in [0.05, 0.1) is 0 Å². The Labute approximate surface area is 106 Å². The van der Waals surface area contributed by atoms with E-state index in [1.807, 2.05) is 13.2 Å². The molecule has 1 aliphatic heterocycles. The zero-order valence-corrected chi connectivity index (χ0v) is 10.3. The minimum atomic E-state index is 0.504. The summed E-state index contributed by atoms with van der Waals surface area (Å²) in [6.45, 7) is 1.90. The van der Waals surface area contributed by atoms with Crippen molar-refractivity contribution in [3.05, 3.63) is 41.2 Å². The third-order valence-corrected chi connectivity index (χ3v) is 3.37. The van der Waals surface area contributed by atoms with Crippen molar-refractivity contribution in [1.29, 1.82) is 5.26 Å². The first-order valence-electron chi connectivity index (χ1n) is 6.05. The van der Waals surface area contributed by atoms with Crippen LogP contribution in [0.15, 0.2) is 24.4 Å². The van der Waals surface area contributed by atoms with Crippen LogP contribution in [0.3, 0.4) is 0 Å². The van der Waals surface area contributed by atoms with E-state index in [2.05, 4.69) is 34.7 Å². The monoisotopic (exact) mass is 238 g/mol. The van der Waals surface area contributed by atoms with Crippen molar-refractivity contribution in [3.8, 4) is 17.2 Å².